The maximum absolute atomic E-state index is 5.64. The summed E-state index contributed by atoms with van der Waals surface area (Å²) in [6.07, 6.45) is 5.48. The highest BCUT2D eigenvalue weighted by Gasteiger charge is 2.32. The Balaban J connectivity index is 1.89. The number of rotatable bonds is 2. The molecule has 2 aliphatic heterocycles. The Morgan fingerprint density at radius 3 is 2.62 bits per heavy atom. The maximum Gasteiger partial charge on any atom is 0.0561 e. The van der Waals surface area contributed by atoms with Gasteiger partial charge in [0.25, 0.3) is 0 Å². The van der Waals surface area contributed by atoms with Crippen LogP contribution in [-0.2, 0) is 4.74 Å². The smallest absolute Gasteiger partial charge is 0.0561 e. The first-order valence-corrected chi connectivity index (χ1v) is 6.75. The number of nitrogens with one attached hydrogen (secondary N) is 1. The molecule has 2 fully saturated rings. The SMILES string of the molecule is CNC1CCN(C2CCOC(C)C2)C(C)C1. The average Bonchev–Trinajstić information content (AvgIpc) is 2.28. The van der Waals surface area contributed by atoms with E-state index < -0.39 is 0 Å². The Morgan fingerprint density at radius 2 is 2.00 bits per heavy atom. The maximum atomic E-state index is 5.64. The first kappa shape index (κ1) is 12.3. The molecule has 0 aromatic carbocycles. The summed E-state index contributed by atoms with van der Waals surface area (Å²) in [5.74, 6) is 0. The second-order valence-electron chi connectivity index (χ2n) is 5.46. The topological polar surface area (TPSA) is 24.5 Å². The molecule has 0 radical (unpaired) electrons. The van der Waals surface area contributed by atoms with Gasteiger partial charge in [0.05, 0.1) is 6.10 Å². The summed E-state index contributed by atoms with van der Waals surface area (Å²) < 4.78 is 5.64. The molecular formula is C13H26N2O. The van der Waals surface area contributed by atoms with E-state index in [0.717, 1.165) is 24.7 Å². The van der Waals surface area contributed by atoms with Crippen LogP contribution >= 0.6 is 0 Å². The lowest BCUT2D eigenvalue weighted by atomic mass is 9.93. The monoisotopic (exact) mass is 226 g/mol. The minimum atomic E-state index is 0.452. The van der Waals surface area contributed by atoms with Crippen LogP contribution in [0, 0.1) is 0 Å². The van der Waals surface area contributed by atoms with E-state index in [1.807, 2.05) is 0 Å². The normalized spacial score (nSPS) is 42.2. The fraction of sp³-hybridized carbons (Fsp3) is 1.00. The van der Waals surface area contributed by atoms with Crippen LogP contribution in [0.3, 0.4) is 0 Å². The molecule has 0 aliphatic carbocycles. The molecule has 0 spiro atoms. The van der Waals surface area contributed by atoms with E-state index in [4.69, 9.17) is 4.74 Å². The Bertz CT molecular complexity index is 222. The second-order valence-corrected chi connectivity index (χ2v) is 5.46. The number of piperidine rings is 1. The lowest BCUT2D eigenvalue weighted by Crippen LogP contribution is -2.52. The van der Waals surface area contributed by atoms with E-state index in [1.165, 1.54) is 32.2 Å². The van der Waals surface area contributed by atoms with Crippen molar-refractivity contribution in [2.45, 2.75) is 63.8 Å². The minimum absolute atomic E-state index is 0.452. The van der Waals surface area contributed by atoms with Crippen LogP contribution in [0.5, 0.6) is 0 Å². The summed E-state index contributed by atoms with van der Waals surface area (Å²) >= 11 is 0. The van der Waals surface area contributed by atoms with E-state index in [1.54, 1.807) is 0 Å². The Labute approximate surface area is 99.5 Å². The summed E-state index contributed by atoms with van der Waals surface area (Å²) in [6.45, 7) is 6.79. The van der Waals surface area contributed by atoms with Gasteiger partial charge in [0.2, 0.25) is 0 Å². The third-order valence-electron chi connectivity index (χ3n) is 4.26. The Hall–Kier alpha value is -0.120. The zero-order valence-corrected chi connectivity index (χ0v) is 10.9. The van der Waals surface area contributed by atoms with Crippen molar-refractivity contribution < 1.29 is 4.74 Å². The highest BCUT2D eigenvalue weighted by Crippen LogP contribution is 2.26. The standard InChI is InChI=1S/C13H26N2O/c1-10-8-12(14-3)4-6-15(10)13-5-7-16-11(2)9-13/h10-14H,4-9H2,1-3H3. The minimum Gasteiger partial charge on any atom is -0.378 e. The first-order valence-electron chi connectivity index (χ1n) is 6.75. The molecule has 0 bridgehead atoms. The molecule has 3 nitrogen and oxygen atoms in total. The third-order valence-corrected chi connectivity index (χ3v) is 4.26. The molecule has 3 heteroatoms. The molecule has 2 rings (SSSR count). The van der Waals surface area contributed by atoms with Gasteiger partial charge >= 0.3 is 0 Å². The van der Waals surface area contributed by atoms with Crippen LogP contribution in [-0.4, -0.2) is 49.3 Å². The van der Waals surface area contributed by atoms with Gasteiger partial charge in [0, 0.05) is 31.3 Å². The first-order chi connectivity index (χ1) is 7.70. The molecule has 1 N–H and O–H groups in total. The van der Waals surface area contributed by atoms with Crippen molar-refractivity contribution in [1.29, 1.82) is 0 Å². The van der Waals surface area contributed by atoms with Gasteiger partial charge in [0.15, 0.2) is 0 Å². The molecule has 2 saturated heterocycles. The fourth-order valence-corrected chi connectivity index (χ4v) is 3.27. The van der Waals surface area contributed by atoms with Gasteiger partial charge in [0.1, 0.15) is 0 Å². The molecule has 0 saturated carbocycles. The van der Waals surface area contributed by atoms with Gasteiger partial charge in [-0.3, -0.25) is 4.90 Å². The van der Waals surface area contributed by atoms with E-state index >= 15 is 0 Å². The lowest BCUT2D eigenvalue weighted by Gasteiger charge is -2.44. The van der Waals surface area contributed by atoms with Gasteiger partial charge in [-0.25, -0.2) is 0 Å². The van der Waals surface area contributed by atoms with Crippen LogP contribution in [0.15, 0.2) is 0 Å². The molecule has 16 heavy (non-hydrogen) atoms. The van der Waals surface area contributed by atoms with Crippen LogP contribution in [0.1, 0.15) is 39.5 Å². The summed E-state index contributed by atoms with van der Waals surface area (Å²) in [5.41, 5.74) is 0. The van der Waals surface area contributed by atoms with E-state index in [2.05, 4.69) is 31.1 Å². The zero-order chi connectivity index (χ0) is 11.5. The Kier molecular flexibility index (Phi) is 4.22. The predicted octanol–water partition coefficient (Wildman–Crippen LogP) is 1.63. The van der Waals surface area contributed by atoms with Gasteiger partial charge < -0.3 is 10.1 Å². The third kappa shape index (κ3) is 2.76. The molecule has 0 aromatic rings. The number of nitrogens with zero attached hydrogens (tertiary/aromatic N) is 1. The number of hydrogen-bond donors (Lipinski definition) is 1. The molecule has 2 heterocycles. The molecule has 4 atom stereocenters. The van der Waals surface area contributed by atoms with Crippen molar-refractivity contribution >= 4 is 0 Å². The molecule has 4 unspecified atom stereocenters. The van der Waals surface area contributed by atoms with E-state index in [-0.39, 0.29) is 0 Å². The van der Waals surface area contributed by atoms with Gasteiger partial charge in [-0.2, -0.15) is 0 Å². The fourth-order valence-electron chi connectivity index (χ4n) is 3.27. The average molecular weight is 226 g/mol. The summed E-state index contributed by atoms with van der Waals surface area (Å²) in [4.78, 5) is 2.72. The largest absolute Gasteiger partial charge is 0.378 e. The molecule has 0 aromatic heterocycles. The van der Waals surface area contributed by atoms with Crippen LogP contribution in [0.25, 0.3) is 0 Å². The molecule has 94 valence electrons. The van der Waals surface area contributed by atoms with Gasteiger partial charge in [-0.05, 0) is 46.6 Å². The highest BCUT2D eigenvalue weighted by molar-refractivity contribution is 4.88. The van der Waals surface area contributed by atoms with Crippen LogP contribution < -0.4 is 5.32 Å². The Morgan fingerprint density at radius 1 is 1.19 bits per heavy atom. The van der Waals surface area contributed by atoms with Crippen molar-refractivity contribution in [2.24, 2.45) is 0 Å². The second kappa shape index (κ2) is 5.48. The van der Waals surface area contributed by atoms with Crippen molar-refractivity contribution in [3.63, 3.8) is 0 Å². The summed E-state index contributed by atoms with van der Waals surface area (Å²) in [7, 11) is 2.09. The summed E-state index contributed by atoms with van der Waals surface area (Å²) in [6, 6.07) is 2.21. The van der Waals surface area contributed by atoms with Crippen molar-refractivity contribution in [1.82, 2.24) is 10.2 Å². The van der Waals surface area contributed by atoms with Crippen LogP contribution in [0.4, 0.5) is 0 Å². The lowest BCUT2D eigenvalue weighted by molar-refractivity contribution is -0.0353. The molecule has 0 amide bonds. The molecule has 2 aliphatic rings. The van der Waals surface area contributed by atoms with E-state index in [0.29, 0.717) is 6.10 Å². The number of ether oxygens (including phenoxy) is 1. The number of hydrogen-bond acceptors (Lipinski definition) is 3. The highest BCUT2D eigenvalue weighted by atomic mass is 16.5. The zero-order valence-electron chi connectivity index (χ0n) is 10.9. The van der Waals surface area contributed by atoms with Crippen LogP contribution in [0.2, 0.25) is 0 Å². The molecular weight excluding hydrogens is 200 g/mol. The van der Waals surface area contributed by atoms with Gasteiger partial charge in [-0.1, -0.05) is 0 Å². The quantitative estimate of drug-likeness (QED) is 0.774. The van der Waals surface area contributed by atoms with Crippen molar-refractivity contribution in [3.8, 4) is 0 Å². The van der Waals surface area contributed by atoms with E-state index in [9.17, 15) is 0 Å². The number of likely N-dealkylation sites (tertiary alicyclic amines) is 1. The van der Waals surface area contributed by atoms with Crippen molar-refractivity contribution in [2.75, 3.05) is 20.2 Å². The van der Waals surface area contributed by atoms with Crippen molar-refractivity contribution in [3.05, 3.63) is 0 Å². The summed E-state index contributed by atoms with van der Waals surface area (Å²) in [5, 5.41) is 3.42. The van der Waals surface area contributed by atoms with Gasteiger partial charge in [-0.15, -0.1) is 0 Å². The predicted molar refractivity (Wildman–Crippen MR) is 66.7 cm³/mol.